The lowest BCUT2D eigenvalue weighted by Gasteiger charge is -2.30. The fourth-order valence-electron chi connectivity index (χ4n) is 3.84. The molecule has 1 N–H and O–H groups in total. The Hall–Kier alpha value is -3.61. The molecule has 13 nitrogen and oxygen atoms in total. The van der Waals surface area contributed by atoms with Crippen molar-refractivity contribution in [1.82, 2.24) is 29.4 Å². The summed E-state index contributed by atoms with van der Waals surface area (Å²) in [6.45, 7) is 14.1. The highest BCUT2D eigenvalue weighted by atomic mass is 16.6. The third kappa shape index (κ3) is 7.70. The second kappa shape index (κ2) is 11.4. The van der Waals surface area contributed by atoms with Gasteiger partial charge in [-0.1, -0.05) is 0 Å². The first-order valence-corrected chi connectivity index (χ1v) is 12.5. The topological polar surface area (TPSA) is 141 Å². The maximum absolute atomic E-state index is 12.0. The fraction of sp³-hybridized carbons (Fsp3) is 0.640. The maximum atomic E-state index is 12.0. The highest BCUT2D eigenvalue weighted by Crippen LogP contribution is 2.19. The normalized spacial score (nSPS) is 15.1. The summed E-state index contributed by atoms with van der Waals surface area (Å²) in [5, 5.41) is 17.4. The number of carbonyl (C=O) groups excluding carboxylic acids is 3. The third-order valence-corrected chi connectivity index (χ3v) is 5.51. The van der Waals surface area contributed by atoms with Crippen molar-refractivity contribution >= 4 is 18.2 Å². The summed E-state index contributed by atoms with van der Waals surface area (Å²) >= 11 is 0. The highest BCUT2D eigenvalue weighted by Gasteiger charge is 2.28. The lowest BCUT2D eigenvalue weighted by molar-refractivity contribution is 0.0184. The molecule has 2 aromatic rings. The number of nitrogens with zero attached hydrogens (tertiary/aromatic N) is 6. The lowest BCUT2D eigenvalue weighted by atomic mass is 10.2. The van der Waals surface area contributed by atoms with Crippen LogP contribution in [0, 0.1) is 0 Å². The number of rotatable bonds is 2. The summed E-state index contributed by atoms with van der Waals surface area (Å²) in [7, 11) is 1.31. The smallest absolute Gasteiger partial charge is 0.410 e. The molecule has 0 saturated heterocycles. The first-order valence-electron chi connectivity index (χ1n) is 12.5. The van der Waals surface area contributed by atoms with Crippen LogP contribution in [0.1, 0.15) is 69.1 Å². The predicted molar refractivity (Wildman–Crippen MR) is 135 cm³/mol. The van der Waals surface area contributed by atoms with E-state index >= 15 is 0 Å². The molecule has 0 unspecified atom stereocenters. The van der Waals surface area contributed by atoms with Crippen LogP contribution in [-0.4, -0.2) is 84.0 Å². The minimum Gasteiger partial charge on any atom is -0.464 e. The van der Waals surface area contributed by atoms with Crippen LogP contribution in [0.3, 0.4) is 0 Å². The van der Waals surface area contributed by atoms with Gasteiger partial charge in [-0.2, -0.15) is 10.2 Å². The average Bonchev–Trinajstić information content (AvgIpc) is 3.44. The molecule has 0 atom stereocenters. The molecule has 2 aromatic heterocycles. The molecular weight excluding hydrogens is 496 g/mol. The number of ether oxygens (including phenoxy) is 3. The van der Waals surface area contributed by atoms with Crippen molar-refractivity contribution in [2.45, 2.75) is 85.5 Å². The van der Waals surface area contributed by atoms with Gasteiger partial charge in [-0.3, -0.25) is 9.36 Å². The van der Waals surface area contributed by atoms with Crippen molar-refractivity contribution in [3.8, 4) is 0 Å². The number of fused-ring (bicyclic) bond motifs is 2. The average molecular weight is 535 g/mol. The van der Waals surface area contributed by atoms with Crippen molar-refractivity contribution in [1.29, 1.82) is 0 Å². The van der Waals surface area contributed by atoms with Crippen LogP contribution in [0.4, 0.5) is 9.59 Å². The number of hydrogen-bond donors (Lipinski definition) is 1. The van der Waals surface area contributed by atoms with Crippen LogP contribution >= 0.6 is 0 Å². The molecule has 0 aliphatic carbocycles. The summed E-state index contributed by atoms with van der Waals surface area (Å²) in [5.41, 5.74) is 1.61. The van der Waals surface area contributed by atoms with Crippen LogP contribution < -0.4 is 0 Å². The van der Waals surface area contributed by atoms with Crippen molar-refractivity contribution in [2.75, 3.05) is 20.2 Å². The van der Waals surface area contributed by atoms with Gasteiger partial charge in [-0.15, -0.1) is 0 Å². The summed E-state index contributed by atoms with van der Waals surface area (Å²) in [5.74, 6) is -0.476. The number of aliphatic hydroxyl groups excluding tert-OH is 1. The molecule has 38 heavy (non-hydrogen) atoms. The Morgan fingerprint density at radius 1 is 0.816 bits per heavy atom. The number of hydrogen-bond acceptors (Lipinski definition) is 9. The second-order valence-electron chi connectivity index (χ2n) is 11.0. The third-order valence-electron chi connectivity index (χ3n) is 5.51. The van der Waals surface area contributed by atoms with E-state index in [4.69, 9.17) is 14.6 Å². The van der Waals surface area contributed by atoms with Crippen molar-refractivity contribution in [3.05, 3.63) is 34.9 Å². The minimum absolute atomic E-state index is 0.0769. The molecule has 2 aliphatic heterocycles. The summed E-state index contributed by atoms with van der Waals surface area (Å²) in [4.78, 5) is 38.6. The number of esters is 1. The molecule has 0 fully saturated rings. The first kappa shape index (κ1) is 29.0. The highest BCUT2D eigenvalue weighted by molar-refractivity contribution is 5.87. The molecular formula is C25H38N6O7. The SMILES string of the molecule is CC(C)(C)OC(=O)N1CCn2nc(CO)cc2C1.COC(=O)c1cc2n(n1)CCN(C(=O)OC(C)(C)C)C2. The predicted octanol–water partition coefficient (Wildman–Crippen LogP) is 2.55. The molecule has 2 amide bonds. The second-order valence-corrected chi connectivity index (χ2v) is 11.0. The van der Waals surface area contributed by atoms with E-state index in [9.17, 15) is 14.4 Å². The van der Waals surface area contributed by atoms with Gasteiger partial charge in [0.15, 0.2) is 5.69 Å². The van der Waals surface area contributed by atoms with Crippen LogP contribution in [0.2, 0.25) is 0 Å². The van der Waals surface area contributed by atoms with Gasteiger partial charge in [0.2, 0.25) is 0 Å². The van der Waals surface area contributed by atoms with Gasteiger partial charge in [-0.25, -0.2) is 14.4 Å². The van der Waals surface area contributed by atoms with Crippen molar-refractivity contribution in [2.24, 2.45) is 0 Å². The van der Waals surface area contributed by atoms with E-state index in [2.05, 4.69) is 14.9 Å². The zero-order valence-electron chi connectivity index (χ0n) is 23.2. The fourth-order valence-corrected chi connectivity index (χ4v) is 3.84. The van der Waals surface area contributed by atoms with Gasteiger partial charge >= 0.3 is 18.2 Å². The summed E-state index contributed by atoms with van der Waals surface area (Å²) < 4.78 is 18.8. The molecule has 0 saturated carbocycles. The standard InChI is InChI=1S/C13H19N3O4.C12H19N3O3/c1-13(2,3)20-12(18)15-5-6-16-9(8-15)7-10(14-16)11(17)19-4;1-12(2,3)18-11(17)14-4-5-15-10(7-14)6-9(8-16)13-15/h7H,5-6,8H2,1-4H3;6,16H,4-5,7-8H2,1-3H3. The van der Waals surface area contributed by atoms with Gasteiger partial charge in [0.1, 0.15) is 11.2 Å². The van der Waals surface area contributed by atoms with Crippen LogP contribution in [0.5, 0.6) is 0 Å². The number of amides is 2. The van der Waals surface area contributed by atoms with E-state index in [0.29, 0.717) is 45.0 Å². The van der Waals surface area contributed by atoms with E-state index in [-0.39, 0.29) is 24.5 Å². The Morgan fingerprint density at radius 2 is 1.29 bits per heavy atom. The molecule has 2 aliphatic rings. The zero-order chi connectivity index (χ0) is 28.3. The zero-order valence-corrected chi connectivity index (χ0v) is 23.2. The van der Waals surface area contributed by atoms with Crippen LogP contribution in [-0.2, 0) is 47.0 Å². The van der Waals surface area contributed by atoms with E-state index in [0.717, 1.165) is 11.4 Å². The lowest BCUT2D eigenvalue weighted by Crippen LogP contribution is -2.41. The molecule has 0 aromatic carbocycles. The number of aromatic nitrogens is 4. The van der Waals surface area contributed by atoms with E-state index in [1.54, 1.807) is 20.5 Å². The summed E-state index contributed by atoms with van der Waals surface area (Å²) in [6.07, 6.45) is -0.662. The van der Waals surface area contributed by atoms with Gasteiger partial charge in [0, 0.05) is 13.1 Å². The Kier molecular flexibility index (Phi) is 8.70. The molecule has 4 rings (SSSR count). The first-order chi connectivity index (χ1) is 17.7. The van der Waals surface area contributed by atoms with Gasteiger partial charge in [0.25, 0.3) is 0 Å². The van der Waals surface area contributed by atoms with Crippen LogP contribution in [0.25, 0.3) is 0 Å². The van der Waals surface area contributed by atoms with E-state index in [1.807, 2.05) is 52.3 Å². The van der Waals surface area contributed by atoms with Gasteiger partial charge in [-0.05, 0) is 53.7 Å². The van der Waals surface area contributed by atoms with E-state index < -0.39 is 17.2 Å². The monoisotopic (exact) mass is 534 g/mol. The van der Waals surface area contributed by atoms with Gasteiger partial charge < -0.3 is 29.1 Å². The summed E-state index contributed by atoms with van der Waals surface area (Å²) in [6, 6.07) is 3.46. The Bertz CT molecular complexity index is 1160. The molecule has 0 spiro atoms. The molecule has 210 valence electrons. The number of methoxy groups -OCH3 is 1. The largest absolute Gasteiger partial charge is 0.464 e. The van der Waals surface area contributed by atoms with Crippen molar-refractivity contribution in [3.63, 3.8) is 0 Å². The van der Waals surface area contributed by atoms with E-state index in [1.165, 1.54) is 7.11 Å². The Morgan fingerprint density at radius 3 is 1.74 bits per heavy atom. The van der Waals surface area contributed by atoms with Gasteiger partial charge in [0.05, 0.1) is 57.0 Å². The van der Waals surface area contributed by atoms with Crippen molar-refractivity contribution < 1.29 is 33.7 Å². The number of carbonyl (C=O) groups is 3. The quantitative estimate of drug-likeness (QED) is 0.454. The Balaban J connectivity index is 0.000000212. The molecule has 0 radical (unpaired) electrons. The molecule has 13 heteroatoms. The number of aliphatic hydroxyl groups is 1. The Labute approximate surface area is 222 Å². The molecule has 0 bridgehead atoms. The minimum atomic E-state index is -0.522. The maximum Gasteiger partial charge on any atom is 0.410 e. The molecule has 4 heterocycles. The van der Waals surface area contributed by atoms with Crippen LogP contribution in [0.15, 0.2) is 12.1 Å².